The Hall–Kier alpha value is -2.82. The Morgan fingerprint density at radius 2 is 1.94 bits per heavy atom. The van der Waals surface area contributed by atoms with Gasteiger partial charge in [0.1, 0.15) is 6.61 Å². The molecule has 2 aromatic carbocycles. The first-order valence-electron chi connectivity index (χ1n) is 9.87. The van der Waals surface area contributed by atoms with Crippen molar-refractivity contribution < 1.29 is 18.9 Å². The molecule has 3 rings (SSSR count). The van der Waals surface area contributed by atoms with Crippen molar-refractivity contribution in [2.45, 2.75) is 20.1 Å². The van der Waals surface area contributed by atoms with Crippen molar-refractivity contribution >= 4 is 39.3 Å². The molecule has 0 atom stereocenters. The Bertz CT molecular complexity index is 1050. The Balaban J connectivity index is 1.53. The van der Waals surface area contributed by atoms with E-state index in [4.69, 9.17) is 26.8 Å². The molecule has 0 bridgehead atoms. The van der Waals surface area contributed by atoms with Crippen LogP contribution >= 0.6 is 27.5 Å². The monoisotopic (exact) mass is 523 g/mol. The molecule has 0 aliphatic rings. The molecule has 4 N–H and O–H groups in total. The van der Waals surface area contributed by atoms with Crippen LogP contribution in [0.5, 0.6) is 11.5 Å². The summed E-state index contributed by atoms with van der Waals surface area (Å²) < 4.78 is 17.0. The highest BCUT2D eigenvalue weighted by molar-refractivity contribution is 9.10. The van der Waals surface area contributed by atoms with Crippen LogP contribution in [-0.2, 0) is 13.2 Å². The lowest BCUT2D eigenvalue weighted by atomic mass is 10.2. The SMILES string of the molecule is CCOc1cc(CNCCNC(=O)c2nonc2N)cc(Br)c1OCc1ccc(Cl)cc1. The molecule has 0 aliphatic heterocycles. The Morgan fingerprint density at radius 3 is 2.62 bits per heavy atom. The summed E-state index contributed by atoms with van der Waals surface area (Å²) in [6.45, 7) is 4.30. The van der Waals surface area contributed by atoms with Crippen LogP contribution in [0.15, 0.2) is 45.5 Å². The number of nitrogens with two attached hydrogens (primary N) is 1. The van der Waals surface area contributed by atoms with Gasteiger partial charge in [0.2, 0.25) is 11.5 Å². The van der Waals surface area contributed by atoms with E-state index in [9.17, 15) is 4.79 Å². The molecular weight excluding hydrogens is 502 g/mol. The van der Waals surface area contributed by atoms with Crippen LogP contribution in [0.2, 0.25) is 5.02 Å². The van der Waals surface area contributed by atoms with E-state index in [1.165, 1.54) is 0 Å². The number of hydrogen-bond acceptors (Lipinski definition) is 8. The van der Waals surface area contributed by atoms with Crippen molar-refractivity contribution in [1.82, 2.24) is 20.9 Å². The van der Waals surface area contributed by atoms with E-state index in [1.807, 2.05) is 43.3 Å². The van der Waals surface area contributed by atoms with Gasteiger partial charge in [0.15, 0.2) is 11.5 Å². The maximum Gasteiger partial charge on any atom is 0.277 e. The number of rotatable bonds is 11. The van der Waals surface area contributed by atoms with E-state index < -0.39 is 5.91 Å². The zero-order chi connectivity index (χ0) is 22.9. The first kappa shape index (κ1) is 23.8. The molecule has 0 unspecified atom stereocenters. The molecule has 3 aromatic rings. The van der Waals surface area contributed by atoms with E-state index in [0.717, 1.165) is 15.6 Å². The minimum Gasteiger partial charge on any atom is -0.490 e. The van der Waals surface area contributed by atoms with Crippen molar-refractivity contribution in [1.29, 1.82) is 0 Å². The predicted molar refractivity (Wildman–Crippen MR) is 124 cm³/mol. The first-order chi connectivity index (χ1) is 15.5. The number of nitrogens with one attached hydrogen (secondary N) is 2. The maximum atomic E-state index is 11.9. The van der Waals surface area contributed by atoms with Crippen molar-refractivity contribution in [3.05, 3.63) is 62.7 Å². The van der Waals surface area contributed by atoms with E-state index in [0.29, 0.717) is 49.4 Å². The largest absolute Gasteiger partial charge is 0.490 e. The summed E-state index contributed by atoms with van der Waals surface area (Å²) in [5, 5.41) is 13.5. The zero-order valence-electron chi connectivity index (χ0n) is 17.4. The molecule has 170 valence electrons. The fourth-order valence-electron chi connectivity index (χ4n) is 2.80. The Morgan fingerprint density at radius 1 is 1.16 bits per heavy atom. The van der Waals surface area contributed by atoms with Gasteiger partial charge in [0.25, 0.3) is 5.91 Å². The van der Waals surface area contributed by atoms with Gasteiger partial charge in [-0.2, -0.15) is 0 Å². The normalized spacial score (nSPS) is 10.7. The van der Waals surface area contributed by atoms with Crippen LogP contribution in [0.3, 0.4) is 0 Å². The molecule has 0 fully saturated rings. The zero-order valence-corrected chi connectivity index (χ0v) is 19.7. The number of nitrogen functional groups attached to an aromatic ring is 1. The molecule has 32 heavy (non-hydrogen) atoms. The summed E-state index contributed by atoms with van der Waals surface area (Å²) in [4.78, 5) is 11.9. The number of nitrogens with zero attached hydrogens (tertiary/aromatic N) is 2. The lowest BCUT2D eigenvalue weighted by molar-refractivity contribution is 0.0944. The number of benzene rings is 2. The number of ether oxygens (including phenoxy) is 2. The molecule has 0 saturated carbocycles. The molecule has 0 radical (unpaired) electrons. The summed E-state index contributed by atoms with van der Waals surface area (Å²) in [6, 6.07) is 11.4. The average molecular weight is 525 g/mol. The number of anilines is 1. The third-order valence-electron chi connectivity index (χ3n) is 4.31. The lowest BCUT2D eigenvalue weighted by Gasteiger charge is -2.16. The van der Waals surface area contributed by atoms with Crippen LogP contribution in [0, 0.1) is 0 Å². The molecule has 0 saturated heterocycles. The van der Waals surface area contributed by atoms with Gasteiger partial charge in [-0.25, -0.2) is 4.63 Å². The fraction of sp³-hybridized carbons (Fsp3) is 0.286. The predicted octanol–water partition coefficient (Wildman–Crippen LogP) is 3.57. The first-order valence-corrected chi connectivity index (χ1v) is 11.0. The minimum absolute atomic E-state index is 0.0236. The molecule has 1 aromatic heterocycles. The number of amides is 1. The fourth-order valence-corrected chi connectivity index (χ4v) is 3.53. The van der Waals surface area contributed by atoms with Gasteiger partial charge in [-0.3, -0.25) is 4.79 Å². The highest BCUT2D eigenvalue weighted by Gasteiger charge is 2.15. The van der Waals surface area contributed by atoms with Crippen LogP contribution < -0.4 is 25.8 Å². The molecule has 9 nitrogen and oxygen atoms in total. The topological polar surface area (TPSA) is 125 Å². The highest BCUT2D eigenvalue weighted by Crippen LogP contribution is 2.37. The second-order valence-electron chi connectivity index (χ2n) is 6.68. The van der Waals surface area contributed by atoms with Crippen molar-refractivity contribution in [3.8, 4) is 11.5 Å². The Kier molecular flexibility index (Phi) is 8.72. The van der Waals surface area contributed by atoms with E-state index in [1.54, 1.807) is 0 Å². The highest BCUT2D eigenvalue weighted by atomic mass is 79.9. The van der Waals surface area contributed by atoms with Crippen molar-refractivity contribution in [2.24, 2.45) is 0 Å². The average Bonchev–Trinajstić information content (AvgIpc) is 3.20. The second kappa shape index (κ2) is 11.7. The maximum absolute atomic E-state index is 11.9. The second-order valence-corrected chi connectivity index (χ2v) is 7.97. The van der Waals surface area contributed by atoms with Crippen LogP contribution in [0.4, 0.5) is 5.82 Å². The third-order valence-corrected chi connectivity index (χ3v) is 5.15. The summed E-state index contributed by atoms with van der Waals surface area (Å²) in [5.41, 5.74) is 7.47. The number of carbonyl (C=O) groups excluding carboxylic acids is 1. The summed E-state index contributed by atoms with van der Waals surface area (Å²) in [6.07, 6.45) is 0. The van der Waals surface area contributed by atoms with Gasteiger partial charge in [0.05, 0.1) is 11.1 Å². The van der Waals surface area contributed by atoms with Gasteiger partial charge in [-0.1, -0.05) is 23.7 Å². The van der Waals surface area contributed by atoms with Crippen LogP contribution in [-0.4, -0.2) is 35.9 Å². The molecule has 1 heterocycles. The van der Waals surface area contributed by atoms with Crippen molar-refractivity contribution in [2.75, 3.05) is 25.4 Å². The third kappa shape index (κ3) is 6.59. The van der Waals surface area contributed by atoms with Gasteiger partial charge in [-0.15, -0.1) is 0 Å². The lowest BCUT2D eigenvalue weighted by Crippen LogP contribution is -2.32. The van der Waals surface area contributed by atoms with Gasteiger partial charge in [0, 0.05) is 24.7 Å². The van der Waals surface area contributed by atoms with Crippen LogP contribution in [0.1, 0.15) is 28.5 Å². The summed E-state index contributed by atoms with van der Waals surface area (Å²) >= 11 is 9.51. The molecule has 0 spiro atoms. The quantitative estimate of drug-likeness (QED) is 0.325. The Labute approximate surface area is 198 Å². The smallest absolute Gasteiger partial charge is 0.277 e. The number of halogens is 2. The van der Waals surface area contributed by atoms with E-state index in [-0.39, 0.29) is 11.5 Å². The van der Waals surface area contributed by atoms with E-state index in [2.05, 4.69) is 41.5 Å². The number of hydrogen-bond donors (Lipinski definition) is 3. The number of carbonyl (C=O) groups is 1. The minimum atomic E-state index is -0.436. The van der Waals surface area contributed by atoms with Gasteiger partial charge in [-0.05, 0) is 68.6 Å². The summed E-state index contributed by atoms with van der Waals surface area (Å²) in [7, 11) is 0. The molecular formula is C21H23BrClN5O4. The molecule has 0 aliphatic carbocycles. The van der Waals surface area contributed by atoms with E-state index >= 15 is 0 Å². The van der Waals surface area contributed by atoms with Crippen LogP contribution in [0.25, 0.3) is 0 Å². The molecule has 11 heteroatoms. The summed E-state index contributed by atoms with van der Waals surface area (Å²) in [5.74, 6) is 0.808. The van der Waals surface area contributed by atoms with Gasteiger partial charge >= 0.3 is 0 Å². The van der Waals surface area contributed by atoms with Crippen molar-refractivity contribution in [3.63, 3.8) is 0 Å². The standard InChI is InChI=1S/C21H23BrClN5O4/c1-2-30-17-10-14(11-25-7-8-26-21(29)18-20(24)28-32-27-18)9-16(22)19(17)31-12-13-3-5-15(23)6-4-13/h3-6,9-10,25H,2,7-8,11-12H2,1H3,(H2,24,28)(H,26,29). The number of aromatic nitrogens is 2. The molecule has 1 amide bonds. The van der Waals surface area contributed by atoms with Gasteiger partial charge < -0.3 is 25.8 Å².